The summed E-state index contributed by atoms with van der Waals surface area (Å²) in [6.07, 6.45) is -1.24. The molecule has 0 saturated heterocycles. The largest absolute Gasteiger partial charge is 0.480 e. The van der Waals surface area contributed by atoms with E-state index in [9.17, 15) is 19.5 Å². The highest BCUT2D eigenvalue weighted by atomic mass is 16.4. The molecule has 4 unspecified atom stereocenters. The predicted octanol–water partition coefficient (Wildman–Crippen LogP) is -2.02. The van der Waals surface area contributed by atoms with Crippen LogP contribution in [-0.4, -0.2) is 63.9 Å². The van der Waals surface area contributed by atoms with Gasteiger partial charge in [0.05, 0.1) is 12.7 Å². The van der Waals surface area contributed by atoms with E-state index in [0.29, 0.717) is 0 Å². The van der Waals surface area contributed by atoms with Crippen LogP contribution in [-0.2, 0) is 20.8 Å². The van der Waals surface area contributed by atoms with Gasteiger partial charge in [0, 0.05) is 6.42 Å². The lowest BCUT2D eigenvalue weighted by atomic mass is 10.0. The number of carboxylic acid groups (broad SMARTS) is 1. The number of hydrogen-bond acceptors (Lipinski definition) is 6. The van der Waals surface area contributed by atoms with Gasteiger partial charge in [0.25, 0.3) is 0 Å². The second-order valence-corrected chi connectivity index (χ2v) is 5.61. The number of carboxylic acids is 1. The van der Waals surface area contributed by atoms with Crippen molar-refractivity contribution in [2.24, 2.45) is 5.73 Å². The summed E-state index contributed by atoms with van der Waals surface area (Å²) in [5.41, 5.74) is 6.15. The van der Waals surface area contributed by atoms with E-state index in [1.54, 1.807) is 30.3 Å². The van der Waals surface area contributed by atoms with Crippen LogP contribution in [0.1, 0.15) is 12.5 Å². The second-order valence-electron chi connectivity index (χ2n) is 5.61. The summed E-state index contributed by atoms with van der Waals surface area (Å²) in [7, 11) is 0. The molecule has 1 aromatic carbocycles. The van der Waals surface area contributed by atoms with Crippen molar-refractivity contribution in [3.63, 3.8) is 0 Å². The van der Waals surface area contributed by atoms with Crippen molar-refractivity contribution in [3.8, 4) is 0 Å². The molecule has 1 aromatic rings. The Morgan fingerprint density at radius 2 is 1.72 bits per heavy atom. The number of nitrogens with two attached hydrogens (primary N) is 1. The zero-order valence-corrected chi connectivity index (χ0v) is 13.8. The van der Waals surface area contributed by atoms with E-state index in [2.05, 4.69) is 10.6 Å². The number of aliphatic carboxylic acids is 1. The lowest BCUT2D eigenvalue weighted by molar-refractivity contribution is -0.145. The Bertz CT molecular complexity index is 593. The smallest absolute Gasteiger partial charge is 0.328 e. The molecule has 2 amide bonds. The van der Waals surface area contributed by atoms with E-state index < -0.39 is 48.6 Å². The van der Waals surface area contributed by atoms with Gasteiger partial charge in [0.15, 0.2) is 6.04 Å². The summed E-state index contributed by atoms with van der Waals surface area (Å²) in [6.45, 7) is 0.627. The SMILES string of the molecule is CC(O)C(NC(=O)C(Cc1ccccc1)NC(=O)C(N)CO)C(=O)O. The van der Waals surface area contributed by atoms with Crippen molar-refractivity contribution in [2.75, 3.05) is 6.61 Å². The molecule has 1 rings (SSSR count). The van der Waals surface area contributed by atoms with Crippen LogP contribution >= 0.6 is 0 Å². The monoisotopic (exact) mass is 353 g/mol. The van der Waals surface area contributed by atoms with E-state index in [-0.39, 0.29) is 6.42 Å². The van der Waals surface area contributed by atoms with Crippen LogP contribution in [0, 0.1) is 0 Å². The average molecular weight is 353 g/mol. The van der Waals surface area contributed by atoms with Crippen LogP contribution in [0.4, 0.5) is 0 Å². The van der Waals surface area contributed by atoms with Crippen molar-refractivity contribution in [1.29, 1.82) is 0 Å². The van der Waals surface area contributed by atoms with E-state index in [0.717, 1.165) is 5.56 Å². The van der Waals surface area contributed by atoms with Gasteiger partial charge in [0.2, 0.25) is 11.8 Å². The number of aliphatic hydroxyl groups is 2. The van der Waals surface area contributed by atoms with Gasteiger partial charge in [0.1, 0.15) is 12.1 Å². The number of carbonyl (C=O) groups excluding carboxylic acids is 2. The molecular formula is C16H23N3O6. The number of amides is 2. The minimum absolute atomic E-state index is 0.0860. The number of aliphatic hydroxyl groups excluding tert-OH is 2. The third-order valence-corrected chi connectivity index (χ3v) is 3.50. The van der Waals surface area contributed by atoms with Gasteiger partial charge in [-0.1, -0.05) is 30.3 Å². The molecule has 0 spiro atoms. The van der Waals surface area contributed by atoms with Gasteiger partial charge in [-0.15, -0.1) is 0 Å². The molecule has 0 aliphatic heterocycles. The number of rotatable bonds is 9. The predicted molar refractivity (Wildman–Crippen MR) is 88.4 cm³/mol. The molecule has 0 heterocycles. The molecule has 4 atom stereocenters. The molecular weight excluding hydrogens is 330 g/mol. The first-order valence-electron chi connectivity index (χ1n) is 7.68. The maximum atomic E-state index is 12.4. The van der Waals surface area contributed by atoms with Crippen LogP contribution < -0.4 is 16.4 Å². The fourth-order valence-electron chi connectivity index (χ4n) is 2.06. The van der Waals surface area contributed by atoms with E-state index >= 15 is 0 Å². The number of hydrogen-bond donors (Lipinski definition) is 6. The van der Waals surface area contributed by atoms with Gasteiger partial charge >= 0.3 is 5.97 Å². The molecule has 0 aliphatic rings. The van der Waals surface area contributed by atoms with Crippen LogP contribution in [0.5, 0.6) is 0 Å². The molecule has 138 valence electrons. The summed E-state index contributed by atoms with van der Waals surface area (Å²) >= 11 is 0. The maximum Gasteiger partial charge on any atom is 0.328 e. The third kappa shape index (κ3) is 6.49. The lowest BCUT2D eigenvalue weighted by Crippen LogP contribution is -2.57. The van der Waals surface area contributed by atoms with Crippen molar-refractivity contribution in [3.05, 3.63) is 35.9 Å². The van der Waals surface area contributed by atoms with Crippen LogP contribution in [0.3, 0.4) is 0 Å². The maximum absolute atomic E-state index is 12.4. The Labute approximate surface area is 144 Å². The molecule has 9 nitrogen and oxygen atoms in total. The normalized spacial score (nSPS) is 15.5. The minimum atomic E-state index is -1.52. The Morgan fingerprint density at radius 1 is 1.12 bits per heavy atom. The number of carbonyl (C=O) groups is 3. The van der Waals surface area contributed by atoms with Crippen molar-refractivity contribution in [2.45, 2.75) is 37.6 Å². The molecule has 25 heavy (non-hydrogen) atoms. The average Bonchev–Trinajstić information content (AvgIpc) is 2.58. The molecule has 0 bridgehead atoms. The van der Waals surface area contributed by atoms with Crippen molar-refractivity contribution < 1.29 is 29.7 Å². The number of nitrogens with one attached hydrogen (secondary N) is 2. The van der Waals surface area contributed by atoms with Gasteiger partial charge in [-0.05, 0) is 12.5 Å². The first-order valence-corrected chi connectivity index (χ1v) is 7.68. The third-order valence-electron chi connectivity index (χ3n) is 3.50. The van der Waals surface area contributed by atoms with Crippen molar-refractivity contribution >= 4 is 17.8 Å². The fraction of sp³-hybridized carbons (Fsp3) is 0.438. The van der Waals surface area contributed by atoms with E-state index in [4.69, 9.17) is 15.9 Å². The molecule has 0 aromatic heterocycles. The van der Waals surface area contributed by atoms with E-state index in [1.807, 2.05) is 0 Å². The molecule has 0 saturated carbocycles. The van der Waals surface area contributed by atoms with E-state index in [1.165, 1.54) is 6.92 Å². The van der Waals surface area contributed by atoms with Crippen LogP contribution in [0.2, 0.25) is 0 Å². The topological polar surface area (TPSA) is 162 Å². The number of benzene rings is 1. The fourth-order valence-corrected chi connectivity index (χ4v) is 2.06. The molecule has 9 heteroatoms. The zero-order chi connectivity index (χ0) is 19.0. The first-order chi connectivity index (χ1) is 11.8. The summed E-state index contributed by atoms with van der Waals surface area (Å²) in [6, 6.07) is 4.92. The summed E-state index contributed by atoms with van der Waals surface area (Å²) in [5, 5.41) is 32.1. The Balaban J connectivity index is 2.93. The van der Waals surface area contributed by atoms with Gasteiger partial charge in [-0.3, -0.25) is 9.59 Å². The molecule has 0 aliphatic carbocycles. The van der Waals surface area contributed by atoms with Crippen LogP contribution in [0.25, 0.3) is 0 Å². The van der Waals surface area contributed by atoms with Crippen LogP contribution in [0.15, 0.2) is 30.3 Å². The quantitative estimate of drug-likeness (QED) is 0.299. The highest BCUT2D eigenvalue weighted by molar-refractivity contribution is 5.92. The Hall–Kier alpha value is -2.49. The minimum Gasteiger partial charge on any atom is -0.480 e. The Kier molecular flexibility index (Phi) is 7.99. The molecule has 7 N–H and O–H groups in total. The van der Waals surface area contributed by atoms with Gasteiger partial charge < -0.3 is 31.7 Å². The summed E-state index contributed by atoms with van der Waals surface area (Å²) in [4.78, 5) is 35.4. The lowest BCUT2D eigenvalue weighted by Gasteiger charge is -2.23. The van der Waals surface area contributed by atoms with Crippen molar-refractivity contribution in [1.82, 2.24) is 10.6 Å². The summed E-state index contributed by atoms with van der Waals surface area (Å²) in [5.74, 6) is -2.93. The van der Waals surface area contributed by atoms with Gasteiger partial charge in [-0.2, -0.15) is 0 Å². The molecule has 0 radical (unpaired) electrons. The second kappa shape index (κ2) is 9.72. The Morgan fingerprint density at radius 3 is 2.20 bits per heavy atom. The highest BCUT2D eigenvalue weighted by Gasteiger charge is 2.30. The summed E-state index contributed by atoms with van der Waals surface area (Å²) < 4.78 is 0. The standard InChI is InChI=1S/C16H23N3O6/c1-9(21)13(16(24)25)19-15(23)12(18-14(22)11(17)8-20)7-10-5-3-2-4-6-10/h2-6,9,11-13,20-21H,7-8,17H2,1H3,(H,18,22)(H,19,23)(H,24,25). The highest BCUT2D eigenvalue weighted by Crippen LogP contribution is 2.05. The molecule has 0 fully saturated rings. The first kappa shape index (κ1) is 20.6. The zero-order valence-electron chi connectivity index (χ0n) is 13.8. The van der Waals surface area contributed by atoms with Gasteiger partial charge in [-0.25, -0.2) is 4.79 Å².